The van der Waals surface area contributed by atoms with E-state index < -0.39 is 0 Å². The highest BCUT2D eigenvalue weighted by Gasteiger charge is 2.17. The van der Waals surface area contributed by atoms with Gasteiger partial charge >= 0.3 is 0 Å². The number of amides is 1. The quantitative estimate of drug-likeness (QED) is 0.734. The van der Waals surface area contributed by atoms with Crippen LogP contribution in [0.2, 0.25) is 0 Å². The van der Waals surface area contributed by atoms with Crippen LogP contribution < -0.4 is 5.32 Å². The van der Waals surface area contributed by atoms with Crippen LogP contribution in [-0.4, -0.2) is 15.9 Å². The molecule has 23 heavy (non-hydrogen) atoms. The number of aromatic amines is 1. The van der Waals surface area contributed by atoms with E-state index in [2.05, 4.69) is 39.6 Å². The minimum absolute atomic E-state index is 0.0131. The summed E-state index contributed by atoms with van der Waals surface area (Å²) < 4.78 is 0. The van der Waals surface area contributed by atoms with Crippen LogP contribution in [0.3, 0.4) is 0 Å². The molecule has 0 spiro atoms. The van der Waals surface area contributed by atoms with E-state index in [1.165, 1.54) is 0 Å². The van der Waals surface area contributed by atoms with Crippen molar-refractivity contribution in [1.82, 2.24) is 15.3 Å². The molecule has 2 N–H and O–H groups in total. The second kappa shape index (κ2) is 7.40. The summed E-state index contributed by atoms with van der Waals surface area (Å²) in [4.78, 5) is 19.4. The molecule has 1 amide bonds. The number of nitrogens with zero attached hydrogens (tertiary/aromatic N) is 1. The van der Waals surface area contributed by atoms with E-state index in [1.807, 2.05) is 36.4 Å². The van der Waals surface area contributed by atoms with Crippen LogP contribution in [-0.2, 0) is 11.3 Å². The van der Waals surface area contributed by atoms with Crippen molar-refractivity contribution in [2.75, 3.05) is 0 Å². The second-order valence-electron chi connectivity index (χ2n) is 5.39. The fourth-order valence-corrected chi connectivity index (χ4v) is 2.63. The number of H-pyrrole nitrogens is 1. The normalized spacial score (nSPS) is 10.7. The van der Waals surface area contributed by atoms with Gasteiger partial charge in [-0.3, -0.25) is 4.79 Å². The molecule has 0 aliphatic carbocycles. The largest absolute Gasteiger partial charge is 0.349 e. The molecule has 3 aromatic rings. The maximum absolute atomic E-state index is 12.3. The Morgan fingerprint density at radius 2 is 1.61 bits per heavy atom. The van der Waals surface area contributed by atoms with E-state index in [0.29, 0.717) is 13.0 Å². The Labute approximate surface area is 135 Å². The van der Waals surface area contributed by atoms with Gasteiger partial charge in [-0.05, 0) is 11.1 Å². The van der Waals surface area contributed by atoms with Crippen LogP contribution in [0.5, 0.6) is 0 Å². The summed E-state index contributed by atoms with van der Waals surface area (Å²) in [5.41, 5.74) is 2.29. The highest BCUT2D eigenvalue weighted by Crippen LogP contribution is 2.27. The van der Waals surface area contributed by atoms with Crippen molar-refractivity contribution in [3.63, 3.8) is 0 Å². The molecular formula is C19H19N3O. The molecule has 0 atom stereocenters. The topological polar surface area (TPSA) is 57.8 Å². The van der Waals surface area contributed by atoms with Gasteiger partial charge in [-0.1, -0.05) is 60.7 Å². The number of benzene rings is 2. The zero-order valence-electron chi connectivity index (χ0n) is 12.8. The van der Waals surface area contributed by atoms with Crippen molar-refractivity contribution < 1.29 is 4.79 Å². The first kappa shape index (κ1) is 15.0. The molecule has 4 nitrogen and oxygen atoms in total. The number of rotatable bonds is 6. The van der Waals surface area contributed by atoms with Crippen molar-refractivity contribution in [1.29, 1.82) is 0 Å². The monoisotopic (exact) mass is 305 g/mol. The van der Waals surface area contributed by atoms with Crippen molar-refractivity contribution in [2.24, 2.45) is 0 Å². The molecular weight excluding hydrogens is 286 g/mol. The molecule has 1 aromatic heterocycles. The lowest BCUT2D eigenvalue weighted by molar-refractivity contribution is -0.121. The van der Waals surface area contributed by atoms with Crippen molar-refractivity contribution in [2.45, 2.75) is 18.9 Å². The summed E-state index contributed by atoms with van der Waals surface area (Å²) in [5.74, 6) is 0.822. The van der Waals surface area contributed by atoms with Gasteiger partial charge in [0.2, 0.25) is 5.91 Å². The van der Waals surface area contributed by atoms with E-state index in [1.54, 1.807) is 12.4 Å². The smallest absolute Gasteiger partial charge is 0.221 e. The predicted molar refractivity (Wildman–Crippen MR) is 89.8 cm³/mol. The van der Waals surface area contributed by atoms with Gasteiger partial charge in [-0.25, -0.2) is 4.98 Å². The predicted octanol–water partition coefficient (Wildman–Crippen LogP) is 3.25. The summed E-state index contributed by atoms with van der Waals surface area (Å²) in [7, 11) is 0. The molecule has 0 fully saturated rings. The second-order valence-corrected chi connectivity index (χ2v) is 5.39. The number of carbonyl (C=O) groups excluding carboxylic acids is 1. The van der Waals surface area contributed by atoms with Gasteiger partial charge in [0, 0.05) is 24.7 Å². The van der Waals surface area contributed by atoms with Gasteiger partial charge in [0.25, 0.3) is 0 Å². The number of hydrogen-bond acceptors (Lipinski definition) is 2. The zero-order chi connectivity index (χ0) is 15.9. The molecule has 0 bridgehead atoms. The molecule has 0 aliphatic heterocycles. The highest BCUT2D eigenvalue weighted by molar-refractivity contribution is 5.77. The Kier molecular flexibility index (Phi) is 4.84. The fraction of sp³-hybridized carbons (Fsp3) is 0.158. The molecule has 1 heterocycles. The van der Waals surface area contributed by atoms with E-state index in [0.717, 1.165) is 17.0 Å². The molecule has 3 rings (SSSR count). The Morgan fingerprint density at radius 3 is 2.13 bits per heavy atom. The average Bonchev–Trinajstić information content (AvgIpc) is 3.13. The maximum atomic E-state index is 12.3. The number of aromatic nitrogens is 2. The number of hydrogen-bond donors (Lipinski definition) is 2. The molecule has 0 radical (unpaired) electrons. The van der Waals surface area contributed by atoms with Crippen molar-refractivity contribution in [3.8, 4) is 0 Å². The highest BCUT2D eigenvalue weighted by atomic mass is 16.1. The van der Waals surface area contributed by atoms with Crippen LogP contribution in [0.4, 0.5) is 0 Å². The molecule has 2 aromatic carbocycles. The Balaban J connectivity index is 1.72. The fourth-order valence-electron chi connectivity index (χ4n) is 2.63. The van der Waals surface area contributed by atoms with Crippen LogP contribution in [0.15, 0.2) is 73.1 Å². The van der Waals surface area contributed by atoms with Gasteiger partial charge in [-0.2, -0.15) is 0 Å². The Bertz CT molecular complexity index is 684. The van der Waals surface area contributed by atoms with Crippen LogP contribution >= 0.6 is 0 Å². The van der Waals surface area contributed by atoms with Gasteiger partial charge < -0.3 is 10.3 Å². The van der Waals surface area contributed by atoms with Gasteiger partial charge in [0.15, 0.2) is 0 Å². The molecule has 0 saturated heterocycles. The third-order valence-corrected chi connectivity index (χ3v) is 3.80. The lowest BCUT2D eigenvalue weighted by atomic mass is 9.88. The number of imidazole rings is 1. The average molecular weight is 305 g/mol. The standard InChI is InChI=1S/C19H19N3O/c23-19(22-14-18-20-11-12-21-18)13-17(15-7-3-1-4-8-15)16-9-5-2-6-10-16/h1-12,17H,13-14H2,(H,20,21)(H,22,23). The van der Waals surface area contributed by atoms with Crippen LogP contribution in [0.25, 0.3) is 0 Å². The lowest BCUT2D eigenvalue weighted by Crippen LogP contribution is -2.25. The van der Waals surface area contributed by atoms with Crippen molar-refractivity contribution >= 4 is 5.91 Å². The number of carbonyl (C=O) groups is 1. The summed E-state index contributed by atoms with van der Waals surface area (Å²) in [5, 5.41) is 2.92. The molecule has 0 saturated carbocycles. The Morgan fingerprint density at radius 1 is 1.00 bits per heavy atom. The minimum atomic E-state index is 0.0131. The molecule has 116 valence electrons. The first-order chi connectivity index (χ1) is 11.3. The zero-order valence-corrected chi connectivity index (χ0v) is 12.8. The van der Waals surface area contributed by atoms with Gasteiger partial charge in [0.05, 0.1) is 6.54 Å². The van der Waals surface area contributed by atoms with Gasteiger partial charge in [-0.15, -0.1) is 0 Å². The van der Waals surface area contributed by atoms with Gasteiger partial charge in [0.1, 0.15) is 5.82 Å². The molecule has 0 aliphatic rings. The van der Waals surface area contributed by atoms with Crippen molar-refractivity contribution in [3.05, 3.63) is 90.0 Å². The van der Waals surface area contributed by atoms with E-state index in [-0.39, 0.29) is 11.8 Å². The summed E-state index contributed by atoms with van der Waals surface area (Å²) in [6.07, 6.45) is 3.84. The van der Waals surface area contributed by atoms with Crippen LogP contribution in [0, 0.1) is 0 Å². The number of nitrogens with one attached hydrogen (secondary N) is 2. The van der Waals surface area contributed by atoms with E-state index in [9.17, 15) is 4.79 Å². The summed E-state index contributed by atoms with van der Waals surface area (Å²) in [6.45, 7) is 0.419. The first-order valence-corrected chi connectivity index (χ1v) is 7.68. The third-order valence-electron chi connectivity index (χ3n) is 3.80. The third kappa shape index (κ3) is 4.07. The summed E-state index contributed by atoms with van der Waals surface area (Å²) in [6, 6.07) is 20.3. The Hall–Kier alpha value is -2.88. The maximum Gasteiger partial charge on any atom is 0.221 e. The minimum Gasteiger partial charge on any atom is -0.349 e. The van der Waals surface area contributed by atoms with E-state index >= 15 is 0 Å². The molecule has 4 heteroatoms. The van der Waals surface area contributed by atoms with E-state index in [4.69, 9.17) is 0 Å². The van der Waals surface area contributed by atoms with Crippen LogP contribution in [0.1, 0.15) is 29.3 Å². The first-order valence-electron chi connectivity index (χ1n) is 7.68. The molecule has 0 unspecified atom stereocenters. The SMILES string of the molecule is O=C(CC(c1ccccc1)c1ccccc1)NCc1ncc[nH]1. The lowest BCUT2D eigenvalue weighted by Gasteiger charge is -2.17. The summed E-state index contributed by atoms with van der Waals surface area (Å²) >= 11 is 0.